The predicted molar refractivity (Wildman–Crippen MR) is 213 cm³/mol. The van der Waals surface area contributed by atoms with E-state index in [2.05, 4.69) is 163 Å². The third-order valence-corrected chi connectivity index (χ3v) is 11.0. The predicted octanol–water partition coefficient (Wildman–Crippen LogP) is 11.4. The van der Waals surface area contributed by atoms with E-state index in [1.807, 2.05) is 24.4 Å². The van der Waals surface area contributed by atoms with Crippen molar-refractivity contribution in [3.8, 4) is 67.7 Å². The molecule has 0 amide bonds. The fraction of sp³-hybridized carbons (Fsp3) is 0.0204. The summed E-state index contributed by atoms with van der Waals surface area (Å²) >= 11 is 0. The molecular weight excluding hydrogens is 645 g/mol. The van der Waals surface area contributed by atoms with E-state index in [0.717, 1.165) is 33.3 Å². The van der Waals surface area contributed by atoms with Crippen molar-refractivity contribution in [1.29, 1.82) is 0 Å². The molecule has 0 saturated carbocycles. The van der Waals surface area contributed by atoms with Gasteiger partial charge in [0.2, 0.25) is 0 Å². The van der Waals surface area contributed by atoms with Crippen LogP contribution in [0.3, 0.4) is 0 Å². The van der Waals surface area contributed by atoms with Crippen molar-refractivity contribution in [2.75, 3.05) is 0 Å². The van der Waals surface area contributed by atoms with Gasteiger partial charge in [0.1, 0.15) is 0 Å². The van der Waals surface area contributed by atoms with Gasteiger partial charge >= 0.3 is 0 Å². The number of hydrogen-bond donors (Lipinski definition) is 0. The van der Waals surface area contributed by atoms with E-state index in [-0.39, 0.29) is 0 Å². The average Bonchev–Trinajstić information content (AvgIpc) is 3.71. The second-order valence-corrected chi connectivity index (χ2v) is 13.8. The van der Waals surface area contributed by atoms with Crippen LogP contribution >= 0.6 is 0 Å². The summed E-state index contributed by atoms with van der Waals surface area (Å²) in [5.74, 6) is 1.90. The van der Waals surface area contributed by atoms with Crippen molar-refractivity contribution in [1.82, 2.24) is 19.9 Å². The van der Waals surface area contributed by atoms with Crippen molar-refractivity contribution < 1.29 is 0 Å². The summed E-state index contributed by atoms with van der Waals surface area (Å²) in [6, 6.07) is 62.5. The normalized spacial score (nSPS) is 13.1. The highest BCUT2D eigenvalue weighted by Crippen LogP contribution is 2.62. The quantitative estimate of drug-likeness (QED) is 0.186. The zero-order chi connectivity index (χ0) is 34.9. The molecule has 11 rings (SSSR count). The summed E-state index contributed by atoms with van der Waals surface area (Å²) in [5.41, 5.74) is 14.6. The molecular formula is C49H30N4. The lowest BCUT2D eigenvalue weighted by Crippen LogP contribution is -2.25. The fourth-order valence-corrected chi connectivity index (χ4v) is 8.65. The lowest BCUT2D eigenvalue weighted by Gasteiger charge is -2.30. The Hall–Kier alpha value is -7.04. The summed E-state index contributed by atoms with van der Waals surface area (Å²) in [5, 5.41) is 2.32. The number of aromatic nitrogens is 4. The van der Waals surface area contributed by atoms with Gasteiger partial charge in [-0.3, -0.25) is 4.98 Å². The monoisotopic (exact) mass is 674 g/mol. The van der Waals surface area contributed by atoms with Crippen molar-refractivity contribution in [2.24, 2.45) is 0 Å². The van der Waals surface area contributed by atoms with Crippen LogP contribution in [0.4, 0.5) is 0 Å². The highest BCUT2D eigenvalue weighted by molar-refractivity contribution is 5.96. The Labute approximate surface area is 307 Å². The van der Waals surface area contributed by atoms with E-state index in [9.17, 15) is 0 Å². The number of benzene rings is 7. The molecule has 7 aromatic carbocycles. The average molecular weight is 675 g/mol. The molecule has 0 aliphatic heterocycles. The van der Waals surface area contributed by atoms with E-state index in [0.29, 0.717) is 17.5 Å². The molecule has 0 unspecified atom stereocenters. The Morgan fingerprint density at radius 1 is 0.321 bits per heavy atom. The molecule has 246 valence electrons. The maximum absolute atomic E-state index is 5.22. The maximum Gasteiger partial charge on any atom is 0.164 e. The fourth-order valence-electron chi connectivity index (χ4n) is 8.65. The second-order valence-electron chi connectivity index (χ2n) is 13.8. The Morgan fingerprint density at radius 2 is 0.792 bits per heavy atom. The van der Waals surface area contributed by atoms with Gasteiger partial charge in [0.15, 0.2) is 17.5 Å². The molecule has 0 bridgehead atoms. The number of rotatable bonds is 4. The first kappa shape index (κ1) is 29.7. The van der Waals surface area contributed by atoms with Crippen molar-refractivity contribution in [2.45, 2.75) is 5.41 Å². The number of nitrogens with zero attached hydrogens (tertiary/aromatic N) is 4. The summed E-state index contributed by atoms with van der Waals surface area (Å²) in [4.78, 5) is 20.1. The summed E-state index contributed by atoms with van der Waals surface area (Å²) in [7, 11) is 0. The number of hydrogen-bond acceptors (Lipinski definition) is 4. The summed E-state index contributed by atoms with van der Waals surface area (Å²) in [6.45, 7) is 0. The minimum Gasteiger partial charge on any atom is -0.256 e. The molecule has 0 atom stereocenters. The Balaban J connectivity index is 1.13. The van der Waals surface area contributed by atoms with Crippen LogP contribution in [-0.4, -0.2) is 19.9 Å². The molecule has 4 nitrogen and oxygen atoms in total. The van der Waals surface area contributed by atoms with Gasteiger partial charge in [-0.2, -0.15) is 0 Å². The van der Waals surface area contributed by atoms with Gasteiger partial charge < -0.3 is 0 Å². The van der Waals surface area contributed by atoms with E-state index in [4.69, 9.17) is 15.0 Å². The van der Waals surface area contributed by atoms with Crippen LogP contribution in [0, 0.1) is 0 Å². The largest absolute Gasteiger partial charge is 0.256 e. The molecule has 0 fully saturated rings. The molecule has 2 aliphatic rings. The first-order valence-corrected chi connectivity index (χ1v) is 18.0. The van der Waals surface area contributed by atoms with Crippen LogP contribution in [-0.2, 0) is 5.41 Å². The first-order valence-electron chi connectivity index (χ1n) is 18.0. The third-order valence-electron chi connectivity index (χ3n) is 11.0. The van der Waals surface area contributed by atoms with Crippen LogP contribution in [0.2, 0.25) is 0 Å². The molecule has 2 heterocycles. The number of pyridine rings is 1. The molecule has 0 saturated heterocycles. The third kappa shape index (κ3) is 4.42. The van der Waals surface area contributed by atoms with Crippen LogP contribution in [0.1, 0.15) is 22.3 Å². The lowest BCUT2D eigenvalue weighted by atomic mass is 9.70. The first-order chi connectivity index (χ1) is 26.3. The zero-order valence-corrected chi connectivity index (χ0v) is 28.6. The highest BCUT2D eigenvalue weighted by Gasteiger charge is 2.51. The molecule has 9 aromatic rings. The standard InChI is InChI=1S/C49H30N4/c1-2-12-34-29-35(25-20-31(34)11-1)47-51-46(33-23-21-32(22-24-33)45-19-9-10-28-50-45)52-48(53-47)36-26-27-40-39-15-5-8-18-43(39)49(44(40)30-36)41-16-6-3-13-37(41)38-14-4-7-17-42(38)49/h1-30H. The molecule has 0 N–H and O–H groups in total. The van der Waals surface area contributed by atoms with E-state index in [1.54, 1.807) is 0 Å². The SMILES string of the molecule is c1ccc(-c2ccc(-c3nc(-c4ccc5c(c4)C4(c6ccccc6-c6ccccc64)c4ccccc4-5)nc(-c4ccc5ccccc5c4)n3)cc2)nc1. The maximum atomic E-state index is 5.22. The minimum absolute atomic E-state index is 0.451. The highest BCUT2D eigenvalue weighted by atomic mass is 15.0. The van der Waals surface area contributed by atoms with Gasteiger partial charge in [-0.25, -0.2) is 15.0 Å². The molecule has 2 aromatic heterocycles. The van der Waals surface area contributed by atoms with Crippen molar-refractivity contribution in [3.05, 3.63) is 204 Å². The van der Waals surface area contributed by atoms with E-state index >= 15 is 0 Å². The van der Waals surface area contributed by atoms with Crippen LogP contribution in [0.15, 0.2) is 182 Å². The Kier molecular flexibility index (Phi) is 6.43. The van der Waals surface area contributed by atoms with Crippen molar-refractivity contribution in [3.63, 3.8) is 0 Å². The molecule has 4 heteroatoms. The van der Waals surface area contributed by atoms with Crippen LogP contribution in [0.25, 0.3) is 78.4 Å². The van der Waals surface area contributed by atoms with E-state index < -0.39 is 5.41 Å². The second kappa shape index (κ2) is 11.5. The van der Waals surface area contributed by atoms with Gasteiger partial charge in [0, 0.05) is 28.5 Å². The lowest BCUT2D eigenvalue weighted by molar-refractivity contribution is 0.794. The molecule has 0 radical (unpaired) electrons. The van der Waals surface area contributed by atoms with Gasteiger partial charge in [0.25, 0.3) is 0 Å². The van der Waals surface area contributed by atoms with Crippen LogP contribution < -0.4 is 0 Å². The van der Waals surface area contributed by atoms with Gasteiger partial charge in [-0.05, 0) is 79.5 Å². The van der Waals surface area contributed by atoms with Gasteiger partial charge in [0.05, 0.1) is 11.1 Å². The summed E-state index contributed by atoms with van der Waals surface area (Å²) in [6.07, 6.45) is 1.82. The van der Waals surface area contributed by atoms with Crippen LogP contribution in [0.5, 0.6) is 0 Å². The Bertz CT molecular complexity index is 2830. The van der Waals surface area contributed by atoms with Gasteiger partial charge in [-0.1, -0.05) is 152 Å². The minimum atomic E-state index is -0.451. The number of fused-ring (bicyclic) bond motifs is 11. The molecule has 1 spiro atoms. The topological polar surface area (TPSA) is 51.6 Å². The summed E-state index contributed by atoms with van der Waals surface area (Å²) < 4.78 is 0. The molecule has 2 aliphatic carbocycles. The van der Waals surface area contributed by atoms with Gasteiger partial charge in [-0.15, -0.1) is 0 Å². The zero-order valence-electron chi connectivity index (χ0n) is 28.6. The molecule has 53 heavy (non-hydrogen) atoms. The Morgan fingerprint density at radius 3 is 1.42 bits per heavy atom. The smallest absolute Gasteiger partial charge is 0.164 e. The van der Waals surface area contributed by atoms with E-state index in [1.165, 1.54) is 49.9 Å². The van der Waals surface area contributed by atoms with Crippen molar-refractivity contribution >= 4 is 10.8 Å².